The van der Waals surface area contributed by atoms with Crippen LogP contribution >= 0.6 is 15.9 Å². The summed E-state index contributed by atoms with van der Waals surface area (Å²) < 4.78 is 11.4. The van der Waals surface area contributed by atoms with Gasteiger partial charge in [-0.15, -0.1) is 0 Å². The molecule has 0 unspecified atom stereocenters. The quantitative estimate of drug-likeness (QED) is 0.394. The van der Waals surface area contributed by atoms with Crippen molar-refractivity contribution in [2.24, 2.45) is 10.9 Å². The van der Waals surface area contributed by atoms with E-state index >= 15 is 0 Å². The Bertz CT molecular complexity index is 552. The van der Waals surface area contributed by atoms with Crippen LogP contribution in [0.15, 0.2) is 50.6 Å². The molecule has 18 heavy (non-hydrogen) atoms. The van der Waals surface area contributed by atoms with Crippen molar-refractivity contribution < 1.29 is 14.4 Å². The Hall–Kier alpha value is -1.95. The number of oxime groups is 1. The van der Waals surface area contributed by atoms with Crippen LogP contribution in [0.2, 0.25) is 0 Å². The highest BCUT2D eigenvalue weighted by molar-refractivity contribution is 9.10. The van der Waals surface area contributed by atoms with Gasteiger partial charge in [-0.1, -0.05) is 5.16 Å². The number of furan rings is 1. The summed E-state index contributed by atoms with van der Waals surface area (Å²) in [4.78, 5) is 0. The summed E-state index contributed by atoms with van der Waals surface area (Å²) in [6.45, 7) is 0.350. The van der Waals surface area contributed by atoms with Gasteiger partial charge in [-0.05, 0) is 46.3 Å². The predicted molar refractivity (Wildman–Crippen MR) is 69.7 cm³/mol. The maximum absolute atomic E-state index is 8.61. The molecule has 1 aromatic carbocycles. The van der Waals surface area contributed by atoms with Gasteiger partial charge in [-0.25, -0.2) is 0 Å². The first-order valence-electron chi connectivity index (χ1n) is 5.13. The largest absolute Gasteiger partial charge is 0.486 e. The van der Waals surface area contributed by atoms with Crippen molar-refractivity contribution in [3.8, 4) is 5.75 Å². The Kier molecular flexibility index (Phi) is 3.88. The molecule has 0 amide bonds. The number of benzene rings is 1. The number of nitrogens with two attached hydrogens (primary N) is 1. The highest BCUT2D eigenvalue weighted by Crippen LogP contribution is 2.23. The molecule has 0 radical (unpaired) electrons. The molecule has 0 saturated heterocycles. The lowest BCUT2D eigenvalue weighted by Crippen LogP contribution is -2.13. The third-order valence-corrected chi connectivity index (χ3v) is 2.94. The van der Waals surface area contributed by atoms with Crippen LogP contribution in [0.25, 0.3) is 0 Å². The molecule has 0 spiro atoms. The molecule has 1 heterocycles. The zero-order valence-electron chi connectivity index (χ0n) is 9.34. The number of amidine groups is 1. The topological polar surface area (TPSA) is 81.0 Å². The standard InChI is InChI=1S/C12H11BrN2O3/c13-11-6-8(3-4-10(11)12(14)15-16)18-7-9-2-1-5-17-9/h1-6,16H,7H2,(H2,14,15). The van der Waals surface area contributed by atoms with Crippen LogP contribution in [-0.2, 0) is 6.61 Å². The molecule has 6 heteroatoms. The first-order chi connectivity index (χ1) is 8.70. The minimum Gasteiger partial charge on any atom is -0.486 e. The van der Waals surface area contributed by atoms with Crippen molar-refractivity contribution in [3.63, 3.8) is 0 Å². The first kappa shape index (κ1) is 12.5. The van der Waals surface area contributed by atoms with E-state index in [0.29, 0.717) is 22.4 Å². The summed E-state index contributed by atoms with van der Waals surface area (Å²) in [7, 11) is 0. The van der Waals surface area contributed by atoms with E-state index in [-0.39, 0.29) is 5.84 Å². The number of rotatable bonds is 4. The molecule has 0 bridgehead atoms. The fraction of sp³-hybridized carbons (Fsp3) is 0.0833. The van der Waals surface area contributed by atoms with Gasteiger partial charge in [0.25, 0.3) is 0 Å². The Morgan fingerprint density at radius 3 is 2.89 bits per heavy atom. The van der Waals surface area contributed by atoms with E-state index in [9.17, 15) is 0 Å². The number of nitrogens with zero attached hydrogens (tertiary/aromatic N) is 1. The summed E-state index contributed by atoms with van der Waals surface area (Å²) >= 11 is 3.33. The molecule has 0 aliphatic carbocycles. The minimum absolute atomic E-state index is 0.0412. The highest BCUT2D eigenvalue weighted by Gasteiger charge is 2.07. The minimum atomic E-state index is 0.0412. The van der Waals surface area contributed by atoms with E-state index in [2.05, 4.69) is 21.1 Å². The molecular weight excluding hydrogens is 300 g/mol. The lowest BCUT2D eigenvalue weighted by Gasteiger charge is -2.07. The van der Waals surface area contributed by atoms with Crippen molar-refractivity contribution in [3.05, 3.63) is 52.4 Å². The molecular formula is C12H11BrN2O3. The third kappa shape index (κ3) is 2.84. The molecule has 5 nitrogen and oxygen atoms in total. The zero-order valence-corrected chi connectivity index (χ0v) is 10.9. The van der Waals surface area contributed by atoms with Gasteiger partial charge in [-0.3, -0.25) is 0 Å². The Labute approximate surface area is 112 Å². The van der Waals surface area contributed by atoms with Crippen LogP contribution in [0, 0.1) is 0 Å². The van der Waals surface area contributed by atoms with Crippen molar-refractivity contribution in [2.75, 3.05) is 0 Å². The van der Waals surface area contributed by atoms with Crippen LogP contribution in [0.1, 0.15) is 11.3 Å². The van der Waals surface area contributed by atoms with Gasteiger partial charge in [0.2, 0.25) is 0 Å². The molecule has 94 valence electrons. The van der Waals surface area contributed by atoms with E-state index in [1.165, 1.54) is 0 Å². The number of hydrogen-bond acceptors (Lipinski definition) is 4. The molecule has 0 aliphatic rings. The molecule has 2 aromatic rings. The normalized spacial score (nSPS) is 11.5. The van der Waals surface area contributed by atoms with E-state index in [0.717, 1.165) is 5.76 Å². The fourth-order valence-corrected chi connectivity index (χ4v) is 1.96. The summed E-state index contributed by atoms with van der Waals surface area (Å²) in [5, 5.41) is 11.6. The second kappa shape index (κ2) is 5.59. The molecule has 0 aliphatic heterocycles. The molecule has 0 fully saturated rings. The van der Waals surface area contributed by atoms with E-state index in [4.69, 9.17) is 20.1 Å². The SMILES string of the molecule is N/C(=N/O)c1ccc(OCc2ccco2)cc1Br. The highest BCUT2D eigenvalue weighted by atomic mass is 79.9. The van der Waals surface area contributed by atoms with E-state index in [1.807, 2.05) is 6.07 Å². The van der Waals surface area contributed by atoms with Gasteiger partial charge in [0.15, 0.2) is 5.84 Å². The third-order valence-electron chi connectivity index (χ3n) is 2.29. The molecule has 2 rings (SSSR count). The molecule has 3 N–H and O–H groups in total. The maximum atomic E-state index is 8.61. The van der Waals surface area contributed by atoms with Gasteiger partial charge in [-0.2, -0.15) is 0 Å². The van der Waals surface area contributed by atoms with Crippen molar-refractivity contribution >= 4 is 21.8 Å². The first-order valence-corrected chi connectivity index (χ1v) is 5.92. The number of ether oxygens (including phenoxy) is 1. The lowest BCUT2D eigenvalue weighted by molar-refractivity contribution is 0.270. The summed E-state index contributed by atoms with van der Waals surface area (Å²) in [5.41, 5.74) is 6.11. The predicted octanol–water partition coefficient (Wildman–Crippen LogP) is 2.72. The number of hydrogen-bond donors (Lipinski definition) is 2. The number of halogens is 1. The van der Waals surface area contributed by atoms with Gasteiger partial charge in [0.1, 0.15) is 18.1 Å². The van der Waals surface area contributed by atoms with Crippen LogP contribution in [0.5, 0.6) is 5.75 Å². The van der Waals surface area contributed by atoms with Crippen molar-refractivity contribution in [1.82, 2.24) is 0 Å². The van der Waals surface area contributed by atoms with E-state index < -0.39 is 0 Å². The Morgan fingerprint density at radius 1 is 1.44 bits per heavy atom. The molecule has 1 aromatic heterocycles. The second-order valence-corrected chi connectivity index (χ2v) is 4.35. The Balaban J connectivity index is 2.09. The maximum Gasteiger partial charge on any atom is 0.171 e. The van der Waals surface area contributed by atoms with Crippen LogP contribution in [-0.4, -0.2) is 11.0 Å². The van der Waals surface area contributed by atoms with Crippen molar-refractivity contribution in [1.29, 1.82) is 0 Å². The smallest absolute Gasteiger partial charge is 0.171 e. The second-order valence-electron chi connectivity index (χ2n) is 3.49. The zero-order chi connectivity index (χ0) is 13.0. The fourth-order valence-electron chi connectivity index (χ4n) is 1.40. The lowest BCUT2D eigenvalue weighted by atomic mass is 10.2. The molecule has 0 saturated carbocycles. The van der Waals surface area contributed by atoms with Gasteiger partial charge in [0.05, 0.1) is 6.26 Å². The molecule has 0 atom stereocenters. The van der Waals surface area contributed by atoms with Crippen LogP contribution in [0.4, 0.5) is 0 Å². The van der Waals surface area contributed by atoms with Crippen LogP contribution < -0.4 is 10.5 Å². The van der Waals surface area contributed by atoms with Gasteiger partial charge >= 0.3 is 0 Å². The average Bonchev–Trinajstić information content (AvgIpc) is 2.88. The average molecular weight is 311 g/mol. The summed E-state index contributed by atoms with van der Waals surface area (Å²) in [6, 6.07) is 8.82. The van der Waals surface area contributed by atoms with Crippen LogP contribution in [0.3, 0.4) is 0 Å². The van der Waals surface area contributed by atoms with E-state index in [1.54, 1.807) is 30.5 Å². The van der Waals surface area contributed by atoms with Gasteiger partial charge < -0.3 is 20.1 Å². The Morgan fingerprint density at radius 2 is 2.28 bits per heavy atom. The van der Waals surface area contributed by atoms with Gasteiger partial charge in [0, 0.05) is 10.0 Å². The monoisotopic (exact) mass is 310 g/mol. The van der Waals surface area contributed by atoms with Crippen molar-refractivity contribution in [2.45, 2.75) is 6.61 Å². The summed E-state index contributed by atoms with van der Waals surface area (Å²) in [6.07, 6.45) is 1.59. The summed E-state index contributed by atoms with van der Waals surface area (Å²) in [5.74, 6) is 1.44.